The Balaban J connectivity index is 1.34. The fourth-order valence-corrected chi connectivity index (χ4v) is 4.83. The molecule has 0 saturated carbocycles. The lowest BCUT2D eigenvalue weighted by molar-refractivity contribution is -0.116. The van der Waals surface area contributed by atoms with Crippen molar-refractivity contribution in [2.24, 2.45) is 0 Å². The van der Waals surface area contributed by atoms with E-state index in [0.29, 0.717) is 12.3 Å². The van der Waals surface area contributed by atoms with Crippen LogP contribution in [0.1, 0.15) is 12.5 Å². The Labute approximate surface area is 171 Å². The smallest absolute Gasteiger partial charge is 0.234 e. The molecular formula is C21H19N3O2S2. The van der Waals surface area contributed by atoms with Crippen molar-refractivity contribution in [3.8, 4) is 11.3 Å². The number of aromatic nitrogens is 1. The van der Waals surface area contributed by atoms with Crippen molar-refractivity contribution in [2.45, 2.75) is 17.7 Å². The Bertz CT molecular complexity index is 1020. The molecule has 1 N–H and O–H groups in total. The Kier molecular flexibility index (Phi) is 5.45. The molecule has 1 aromatic heterocycles. The summed E-state index contributed by atoms with van der Waals surface area (Å²) >= 11 is 2.98. The van der Waals surface area contributed by atoms with Gasteiger partial charge in [-0.2, -0.15) is 0 Å². The van der Waals surface area contributed by atoms with Crippen molar-refractivity contribution in [3.05, 3.63) is 59.5 Å². The summed E-state index contributed by atoms with van der Waals surface area (Å²) in [6.45, 7) is 2.27. The molecule has 0 saturated heterocycles. The molecule has 1 aliphatic rings. The monoisotopic (exact) mass is 409 g/mol. The summed E-state index contributed by atoms with van der Waals surface area (Å²) in [6, 6.07) is 15.7. The third-order valence-corrected chi connectivity index (χ3v) is 6.54. The van der Waals surface area contributed by atoms with Gasteiger partial charge in [-0.1, -0.05) is 42.1 Å². The number of thiazole rings is 1. The largest absolute Gasteiger partial charge is 0.325 e. The molecule has 0 radical (unpaired) electrons. The highest BCUT2D eigenvalue weighted by Gasteiger charge is 2.22. The number of nitrogens with zero attached hydrogens (tertiary/aromatic N) is 2. The number of nitrogens with one attached hydrogen (secondary N) is 1. The van der Waals surface area contributed by atoms with Crippen molar-refractivity contribution in [1.82, 2.24) is 4.98 Å². The zero-order valence-electron chi connectivity index (χ0n) is 15.3. The predicted molar refractivity (Wildman–Crippen MR) is 115 cm³/mol. The zero-order chi connectivity index (χ0) is 19.5. The predicted octanol–water partition coefficient (Wildman–Crippen LogP) is 4.45. The minimum absolute atomic E-state index is 0.0465. The molecule has 7 heteroatoms. The van der Waals surface area contributed by atoms with E-state index in [0.717, 1.165) is 39.0 Å². The second-order valence-corrected chi connectivity index (χ2v) is 8.55. The molecule has 0 spiro atoms. The van der Waals surface area contributed by atoms with Gasteiger partial charge in [-0.25, -0.2) is 4.98 Å². The van der Waals surface area contributed by atoms with Gasteiger partial charge in [0.25, 0.3) is 0 Å². The number of fused-ring (bicyclic) bond motifs is 1. The van der Waals surface area contributed by atoms with E-state index in [2.05, 4.69) is 10.3 Å². The van der Waals surface area contributed by atoms with Crippen molar-refractivity contribution in [3.63, 3.8) is 0 Å². The van der Waals surface area contributed by atoms with Crippen molar-refractivity contribution < 1.29 is 9.59 Å². The average Bonchev–Trinajstić information content (AvgIpc) is 3.34. The van der Waals surface area contributed by atoms with Gasteiger partial charge >= 0.3 is 0 Å². The van der Waals surface area contributed by atoms with Crippen LogP contribution in [-0.4, -0.2) is 29.1 Å². The van der Waals surface area contributed by atoms with Gasteiger partial charge in [0, 0.05) is 35.8 Å². The molecule has 2 heterocycles. The van der Waals surface area contributed by atoms with Gasteiger partial charge in [0.1, 0.15) is 0 Å². The summed E-state index contributed by atoms with van der Waals surface area (Å²) < 4.78 is 0.875. The van der Waals surface area contributed by atoms with Gasteiger partial charge in [0.15, 0.2) is 4.34 Å². The molecule has 0 atom stereocenters. The maximum Gasteiger partial charge on any atom is 0.234 e. The van der Waals surface area contributed by atoms with Gasteiger partial charge in [0.2, 0.25) is 11.8 Å². The first-order valence-corrected chi connectivity index (χ1v) is 10.8. The van der Waals surface area contributed by atoms with Crippen LogP contribution in [0.25, 0.3) is 11.3 Å². The van der Waals surface area contributed by atoms with E-state index in [-0.39, 0.29) is 11.8 Å². The van der Waals surface area contributed by atoms with E-state index in [9.17, 15) is 9.59 Å². The lowest BCUT2D eigenvalue weighted by Crippen LogP contribution is -2.25. The molecule has 0 unspecified atom stereocenters. The number of hydrogen-bond acceptors (Lipinski definition) is 5. The van der Waals surface area contributed by atoms with E-state index in [4.69, 9.17) is 0 Å². The van der Waals surface area contributed by atoms with E-state index < -0.39 is 0 Å². The van der Waals surface area contributed by atoms with Crippen LogP contribution in [0.3, 0.4) is 0 Å². The first-order chi connectivity index (χ1) is 13.6. The van der Waals surface area contributed by atoms with Crippen LogP contribution in [0.2, 0.25) is 0 Å². The van der Waals surface area contributed by atoms with Crippen LogP contribution in [0.15, 0.2) is 58.3 Å². The van der Waals surface area contributed by atoms with Crippen molar-refractivity contribution in [1.29, 1.82) is 0 Å². The van der Waals surface area contributed by atoms with Crippen LogP contribution in [0.4, 0.5) is 11.4 Å². The van der Waals surface area contributed by atoms with E-state index in [1.807, 2.05) is 53.9 Å². The zero-order valence-corrected chi connectivity index (χ0v) is 17.0. The van der Waals surface area contributed by atoms with Gasteiger partial charge in [-0.05, 0) is 30.2 Å². The normalized spacial score (nSPS) is 12.7. The third-order valence-electron chi connectivity index (χ3n) is 4.52. The molecule has 0 aliphatic carbocycles. The summed E-state index contributed by atoms with van der Waals surface area (Å²) in [5.41, 5.74) is 4.80. The number of rotatable bonds is 5. The Morgan fingerprint density at radius 1 is 1.21 bits per heavy atom. The first kappa shape index (κ1) is 18.7. The summed E-state index contributed by atoms with van der Waals surface area (Å²) in [7, 11) is 0. The van der Waals surface area contributed by atoms with Gasteiger partial charge in [-0.15, -0.1) is 11.3 Å². The number of thioether (sulfide) groups is 1. The molecule has 28 heavy (non-hydrogen) atoms. The summed E-state index contributed by atoms with van der Waals surface area (Å²) in [5, 5.41) is 4.95. The fourth-order valence-electron chi connectivity index (χ4n) is 3.20. The number of amides is 2. The molecule has 3 aromatic rings. The molecule has 1 aliphatic heterocycles. The standard InChI is InChI=1S/C21H19N3O2S2/c1-14(25)24-10-9-16-11-17(7-8-19(16)24)22-20(26)13-28-21-23-18(12-27-21)15-5-3-2-4-6-15/h2-8,11-12H,9-10,13H2,1H3,(H,22,26). The second-order valence-electron chi connectivity index (χ2n) is 6.47. The minimum atomic E-state index is -0.0668. The SMILES string of the molecule is CC(=O)N1CCc2cc(NC(=O)CSc3nc(-c4ccccc4)cs3)ccc21. The van der Waals surface area contributed by atoms with Crippen molar-refractivity contribution in [2.75, 3.05) is 22.5 Å². The van der Waals surface area contributed by atoms with Crippen LogP contribution in [-0.2, 0) is 16.0 Å². The molecule has 142 valence electrons. The van der Waals surface area contributed by atoms with Crippen LogP contribution in [0, 0.1) is 0 Å². The molecule has 0 fully saturated rings. The topological polar surface area (TPSA) is 62.3 Å². The summed E-state index contributed by atoms with van der Waals surface area (Å²) in [5.74, 6) is 0.284. The van der Waals surface area contributed by atoms with Crippen molar-refractivity contribution >= 4 is 46.3 Å². The summed E-state index contributed by atoms with van der Waals surface area (Å²) in [6.07, 6.45) is 0.814. The van der Waals surface area contributed by atoms with Crippen LogP contribution >= 0.6 is 23.1 Å². The minimum Gasteiger partial charge on any atom is -0.325 e. The van der Waals surface area contributed by atoms with E-state index >= 15 is 0 Å². The molecule has 4 rings (SSSR count). The number of hydrogen-bond donors (Lipinski definition) is 1. The quantitative estimate of drug-likeness (QED) is 0.633. The average molecular weight is 410 g/mol. The highest BCUT2D eigenvalue weighted by Crippen LogP contribution is 2.31. The number of carbonyl (C=O) groups excluding carboxylic acids is 2. The third kappa shape index (κ3) is 4.10. The molecule has 0 bridgehead atoms. The number of benzene rings is 2. The van der Waals surface area contributed by atoms with Gasteiger partial charge in [0.05, 0.1) is 11.4 Å². The number of carbonyl (C=O) groups is 2. The number of anilines is 2. The van der Waals surface area contributed by atoms with Gasteiger partial charge in [-0.3, -0.25) is 9.59 Å². The molecular weight excluding hydrogens is 390 g/mol. The summed E-state index contributed by atoms with van der Waals surface area (Å²) in [4.78, 5) is 30.3. The molecule has 2 amide bonds. The van der Waals surface area contributed by atoms with Crippen LogP contribution < -0.4 is 10.2 Å². The van der Waals surface area contributed by atoms with Crippen LogP contribution in [0.5, 0.6) is 0 Å². The van der Waals surface area contributed by atoms with Gasteiger partial charge < -0.3 is 10.2 Å². The maximum atomic E-state index is 12.3. The fraction of sp³-hybridized carbons (Fsp3) is 0.190. The maximum absolute atomic E-state index is 12.3. The Hall–Kier alpha value is -2.64. The Morgan fingerprint density at radius 2 is 2.04 bits per heavy atom. The lowest BCUT2D eigenvalue weighted by Gasteiger charge is -2.15. The Morgan fingerprint density at radius 3 is 2.82 bits per heavy atom. The lowest BCUT2D eigenvalue weighted by atomic mass is 10.1. The highest BCUT2D eigenvalue weighted by atomic mass is 32.2. The first-order valence-electron chi connectivity index (χ1n) is 8.95. The molecule has 5 nitrogen and oxygen atoms in total. The highest BCUT2D eigenvalue weighted by molar-refractivity contribution is 8.01. The second kappa shape index (κ2) is 8.16. The van der Waals surface area contributed by atoms with E-state index in [1.165, 1.54) is 11.8 Å². The van der Waals surface area contributed by atoms with E-state index in [1.54, 1.807) is 23.2 Å². The molecule has 2 aromatic carbocycles.